The number of pyridine rings is 1. The van der Waals surface area contributed by atoms with Crippen molar-refractivity contribution in [3.63, 3.8) is 0 Å². The Bertz CT molecular complexity index is 1130. The summed E-state index contributed by atoms with van der Waals surface area (Å²) in [6, 6.07) is 13.0. The van der Waals surface area contributed by atoms with Crippen molar-refractivity contribution in [2.75, 3.05) is 0 Å². The van der Waals surface area contributed by atoms with Crippen LogP contribution in [0.3, 0.4) is 0 Å². The lowest BCUT2D eigenvalue weighted by atomic mass is 9.86. The summed E-state index contributed by atoms with van der Waals surface area (Å²) in [7, 11) is 0. The fraction of sp³-hybridized carbons (Fsp3) is 0.444. The third-order valence-electron chi connectivity index (χ3n) is 6.92. The van der Waals surface area contributed by atoms with Gasteiger partial charge in [-0.1, -0.05) is 36.4 Å². The van der Waals surface area contributed by atoms with Crippen molar-refractivity contribution in [2.24, 2.45) is 5.92 Å². The smallest absolute Gasteiger partial charge is 0.289 e. The Morgan fingerprint density at radius 3 is 2.24 bits per heavy atom. The van der Waals surface area contributed by atoms with Crippen molar-refractivity contribution in [3.8, 4) is 0 Å². The van der Waals surface area contributed by atoms with Gasteiger partial charge in [0, 0.05) is 31.4 Å². The maximum absolute atomic E-state index is 13.5. The molecular formula is C27H30F2N4O4. The molecule has 0 spiro atoms. The van der Waals surface area contributed by atoms with E-state index in [0.717, 1.165) is 5.56 Å². The van der Waals surface area contributed by atoms with Gasteiger partial charge < -0.3 is 16.0 Å². The zero-order chi connectivity index (χ0) is 26.5. The van der Waals surface area contributed by atoms with Gasteiger partial charge in [0.1, 0.15) is 11.6 Å². The maximum Gasteiger partial charge on any atom is 0.289 e. The van der Waals surface area contributed by atoms with Crippen molar-refractivity contribution in [1.82, 2.24) is 20.9 Å². The summed E-state index contributed by atoms with van der Waals surface area (Å²) in [6.45, 7) is 0.0534. The van der Waals surface area contributed by atoms with E-state index in [1.807, 2.05) is 6.07 Å². The number of carbonyl (C=O) groups is 4. The summed E-state index contributed by atoms with van der Waals surface area (Å²) in [6.07, 6.45) is 1.80. The van der Waals surface area contributed by atoms with E-state index in [0.29, 0.717) is 18.5 Å². The highest BCUT2D eigenvalue weighted by molar-refractivity contribution is 6.38. The van der Waals surface area contributed by atoms with Gasteiger partial charge in [-0.25, -0.2) is 8.78 Å². The Kier molecular flexibility index (Phi) is 7.94. The Balaban J connectivity index is 1.40. The van der Waals surface area contributed by atoms with Crippen LogP contribution in [0.25, 0.3) is 0 Å². The maximum atomic E-state index is 13.5. The predicted molar refractivity (Wildman–Crippen MR) is 130 cm³/mol. The molecule has 2 aliphatic carbocycles. The minimum atomic E-state index is -2.76. The third kappa shape index (κ3) is 6.96. The van der Waals surface area contributed by atoms with Crippen LogP contribution in [0.4, 0.5) is 8.78 Å². The normalized spacial score (nSPS) is 18.8. The van der Waals surface area contributed by atoms with Crippen molar-refractivity contribution in [2.45, 2.75) is 69.0 Å². The number of hydrogen-bond acceptors (Lipinski definition) is 5. The molecule has 3 N–H and O–H groups in total. The van der Waals surface area contributed by atoms with Crippen LogP contribution in [-0.2, 0) is 32.1 Å². The van der Waals surface area contributed by atoms with Crippen LogP contribution in [0.1, 0.15) is 49.8 Å². The number of hydrogen-bond donors (Lipinski definition) is 3. The third-order valence-corrected chi connectivity index (χ3v) is 6.92. The second-order valence-corrected chi connectivity index (χ2v) is 9.79. The number of nitrogens with zero attached hydrogens (tertiary/aromatic N) is 1. The van der Waals surface area contributed by atoms with Crippen LogP contribution in [-0.4, -0.2) is 46.0 Å². The van der Waals surface area contributed by atoms with Gasteiger partial charge in [0.15, 0.2) is 0 Å². The van der Waals surface area contributed by atoms with E-state index in [-0.39, 0.29) is 38.6 Å². The molecule has 37 heavy (non-hydrogen) atoms. The highest BCUT2D eigenvalue weighted by Gasteiger charge is 2.53. The molecule has 2 saturated carbocycles. The molecular weight excluding hydrogens is 482 g/mol. The minimum absolute atomic E-state index is 0.0534. The second kappa shape index (κ2) is 11.1. The van der Waals surface area contributed by atoms with Crippen LogP contribution in [0, 0.1) is 5.92 Å². The highest BCUT2D eigenvalue weighted by atomic mass is 19.3. The molecule has 0 radical (unpaired) electrons. The van der Waals surface area contributed by atoms with E-state index in [1.165, 1.54) is 0 Å². The monoisotopic (exact) mass is 512 g/mol. The molecule has 3 amide bonds. The molecule has 4 rings (SSSR count). The summed E-state index contributed by atoms with van der Waals surface area (Å²) in [5.41, 5.74) is 0.125. The first kappa shape index (κ1) is 26.4. The van der Waals surface area contributed by atoms with Crippen molar-refractivity contribution in [3.05, 3.63) is 66.0 Å². The Morgan fingerprint density at radius 1 is 0.946 bits per heavy atom. The lowest BCUT2D eigenvalue weighted by Gasteiger charge is -2.29. The fourth-order valence-corrected chi connectivity index (χ4v) is 4.45. The molecule has 2 fully saturated rings. The molecule has 196 valence electrons. The van der Waals surface area contributed by atoms with Gasteiger partial charge in [0.2, 0.25) is 23.5 Å². The molecule has 8 nitrogen and oxygen atoms in total. The van der Waals surface area contributed by atoms with Gasteiger partial charge in [-0.15, -0.1) is 0 Å². The number of benzene rings is 1. The predicted octanol–water partition coefficient (Wildman–Crippen LogP) is 2.47. The molecule has 0 bridgehead atoms. The van der Waals surface area contributed by atoms with E-state index in [4.69, 9.17) is 0 Å². The van der Waals surface area contributed by atoms with E-state index >= 15 is 0 Å². The fourth-order valence-electron chi connectivity index (χ4n) is 4.45. The molecule has 1 atom stereocenters. The number of ketones is 1. The number of Topliss-reactive ketones (excluding diaryl/α,β-unsaturated/α-hetero) is 1. The van der Waals surface area contributed by atoms with Gasteiger partial charge in [-0.05, 0) is 43.4 Å². The number of nitrogens with one attached hydrogen (secondary N) is 3. The van der Waals surface area contributed by atoms with E-state index in [9.17, 15) is 28.0 Å². The van der Waals surface area contributed by atoms with E-state index in [2.05, 4.69) is 20.9 Å². The highest BCUT2D eigenvalue weighted by Crippen LogP contribution is 2.39. The first-order chi connectivity index (χ1) is 17.7. The largest absolute Gasteiger partial charge is 0.344 e. The lowest BCUT2D eigenvalue weighted by molar-refractivity contribution is -0.141. The summed E-state index contributed by atoms with van der Waals surface area (Å²) < 4.78 is 26.9. The number of halogens is 2. The number of aromatic nitrogens is 1. The molecule has 1 aromatic carbocycles. The van der Waals surface area contributed by atoms with Gasteiger partial charge in [-0.2, -0.15) is 0 Å². The van der Waals surface area contributed by atoms with E-state index < -0.39 is 46.9 Å². The Hall–Kier alpha value is -3.69. The first-order valence-electron chi connectivity index (χ1n) is 12.4. The molecule has 10 heteroatoms. The van der Waals surface area contributed by atoms with Crippen LogP contribution < -0.4 is 16.0 Å². The van der Waals surface area contributed by atoms with Gasteiger partial charge in [-0.3, -0.25) is 24.2 Å². The molecule has 1 aromatic heterocycles. The molecule has 0 unspecified atom stereocenters. The summed E-state index contributed by atoms with van der Waals surface area (Å²) in [5, 5.41) is 7.94. The van der Waals surface area contributed by atoms with Crippen LogP contribution in [0.15, 0.2) is 54.7 Å². The van der Waals surface area contributed by atoms with Crippen molar-refractivity contribution < 1.29 is 28.0 Å². The van der Waals surface area contributed by atoms with Crippen LogP contribution in [0.5, 0.6) is 0 Å². The quantitative estimate of drug-likeness (QED) is 0.423. The number of rotatable bonds is 10. The zero-order valence-corrected chi connectivity index (χ0v) is 20.3. The van der Waals surface area contributed by atoms with Crippen molar-refractivity contribution >= 4 is 23.5 Å². The van der Waals surface area contributed by atoms with Crippen LogP contribution in [0.2, 0.25) is 0 Å². The van der Waals surface area contributed by atoms with Crippen LogP contribution >= 0.6 is 0 Å². The SMILES string of the molecule is O=C(NCc1ccccn1)C(=O)[C@@H](Cc1ccccc1)NC(=O)C1(NC(=O)C2CCC(F)(F)CC2)CC1. The molecule has 0 saturated heterocycles. The number of carbonyl (C=O) groups excluding carboxylic acids is 4. The first-order valence-corrected chi connectivity index (χ1v) is 12.4. The van der Waals surface area contributed by atoms with E-state index in [1.54, 1.807) is 48.7 Å². The molecule has 2 aliphatic rings. The topological polar surface area (TPSA) is 117 Å². The number of amides is 3. The molecule has 2 aromatic rings. The van der Waals surface area contributed by atoms with Gasteiger partial charge in [0.05, 0.1) is 12.2 Å². The average Bonchev–Trinajstić information content (AvgIpc) is 3.68. The lowest BCUT2D eigenvalue weighted by Crippen LogP contribution is -2.56. The summed E-state index contributed by atoms with van der Waals surface area (Å²) in [4.78, 5) is 55.8. The Labute approximate surface area is 213 Å². The minimum Gasteiger partial charge on any atom is -0.344 e. The van der Waals surface area contributed by atoms with Crippen molar-refractivity contribution in [1.29, 1.82) is 0 Å². The molecule has 0 aliphatic heterocycles. The summed E-state index contributed by atoms with van der Waals surface area (Å²) in [5.74, 6) is -6.00. The standard InChI is InChI=1S/C27H30F2N4O4/c28-27(29)11-9-19(10-12-27)23(35)33-26(13-14-26)25(37)32-21(16-18-6-2-1-3-7-18)22(34)24(36)31-17-20-8-4-5-15-30-20/h1-8,15,19,21H,9-14,16-17H2,(H,31,36)(H,32,37)(H,33,35)/t21-/m1/s1. The number of alkyl halides is 2. The summed E-state index contributed by atoms with van der Waals surface area (Å²) >= 11 is 0. The van der Waals surface area contributed by atoms with Gasteiger partial charge in [0.25, 0.3) is 5.91 Å². The Morgan fingerprint density at radius 2 is 1.62 bits per heavy atom. The average molecular weight is 513 g/mol. The van der Waals surface area contributed by atoms with Gasteiger partial charge >= 0.3 is 0 Å². The molecule has 1 heterocycles. The zero-order valence-electron chi connectivity index (χ0n) is 20.3. The second-order valence-electron chi connectivity index (χ2n) is 9.79.